The average molecular weight is 257 g/mol. The number of benzene rings is 1. The molecule has 0 spiro atoms. The number of halogens is 2. The van der Waals surface area contributed by atoms with E-state index < -0.39 is 11.9 Å². The van der Waals surface area contributed by atoms with E-state index in [2.05, 4.69) is 10.6 Å². The lowest BCUT2D eigenvalue weighted by molar-refractivity contribution is -0.121. The Morgan fingerprint density at radius 2 is 2.24 bits per heavy atom. The molecule has 0 aromatic heterocycles. The van der Waals surface area contributed by atoms with E-state index >= 15 is 0 Å². The first-order valence-corrected chi connectivity index (χ1v) is 5.96. The van der Waals surface area contributed by atoms with Crippen molar-refractivity contribution < 1.29 is 9.18 Å². The minimum absolute atomic E-state index is 0.0668. The molecule has 0 radical (unpaired) electrons. The van der Waals surface area contributed by atoms with Gasteiger partial charge in [-0.2, -0.15) is 0 Å². The molecule has 0 bridgehead atoms. The molecule has 1 aliphatic rings. The van der Waals surface area contributed by atoms with Crippen LogP contribution in [0.5, 0.6) is 0 Å². The standard InChI is InChI=1S/C12H14ClFN2O/c1-7(12(17)16-8-2-3-8)15-9-4-5-10(13)11(14)6-9/h4-8,15H,2-3H2,1H3,(H,16,17). The zero-order valence-electron chi connectivity index (χ0n) is 9.47. The zero-order chi connectivity index (χ0) is 12.4. The van der Waals surface area contributed by atoms with Crippen molar-refractivity contribution in [2.24, 2.45) is 0 Å². The van der Waals surface area contributed by atoms with Crippen molar-refractivity contribution in [1.82, 2.24) is 5.32 Å². The highest BCUT2D eigenvalue weighted by Gasteiger charge is 2.25. The normalized spacial score (nSPS) is 16.4. The van der Waals surface area contributed by atoms with Gasteiger partial charge in [-0.25, -0.2) is 4.39 Å². The molecule has 92 valence electrons. The Morgan fingerprint density at radius 1 is 1.53 bits per heavy atom. The van der Waals surface area contributed by atoms with Crippen molar-refractivity contribution in [3.8, 4) is 0 Å². The number of carbonyl (C=O) groups is 1. The first-order valence-electron chi connectivity index (χ1n) is 5.58. The second-order valence-electron chi connectivity index (χ2n) is 4.28. The molecular formula is C12H14ClFN2O. The van der Waals surface area contributed by atoms with Gasteiger partial charge in [-0.15, -0.1) is 0 Å². The topological polar surface area (TPSA) is 41.1 Å². The van der Waals surface area contributed by atoms with Crippen LogP contribution in [0.1, 0.15) is 19.8 Å². The van der Waals surface area contributed by atoms with Crippen molar-refractivity contribution in [2.45, 2.75) is 31.8 Å². The van der Waals surface area contributed by atoms with Gasteiger partial charge >= 0.3 is 0 Å². The summed E-state index contributed by atoms with van der Waals surface area (Å²) >= 11 is 5.57. The Morgan fingerprint density at radius 3 is 2.82 bits per heavy atom. The zero-order valence-corrected chi connectivity index (χ0v) is 10.2. The van der Waals surface area contributed by atoms with E-state index in [0.717, 1.165) is 12.8 Å². The molecule has 3 nitrogen and oxygen atoms in total. The number of carbonyl (C=O) groups excluding carboxylic acids is 1. The molecule has 1 aromatic carbocycles. The van der Waals surface area contributed by atoms with Gasteiger partial charge in [-0.05, 0) is 38.0 Å². The number of amides is 1. The first-order chi connectivity index (χ1) is 8.06. The smallest absolute Gasteiger partial charge is 0.242 e. The molecule has 2 rings (SSSR count). The maximum Gasteiger partial charge on any atom is 0.242 e. The van der Waals surface area contributed by atoms with E-state index in [-0.39, 0.29) is 10.9 Å². The summed E-state index contributed by atoms with van der Waals surface area (Å²) < 4.78 is 13.2. The van der Waals surface area contributed by atoms with Crippen LogP contribution in [-0.4, -0.2) is 18.0 Å². The summed E-state index contributed by atoms with van der Waals surface area (Å²) in [6, 6.07) is 4.32. The second-order valence-corrected chi connectivity index (χ2v) is 4.68. The number of nitrogens with one attached hydrogen (secondary N) is 2. The molecular weight excluding hydrogens is 243 g/mol. The van der Waals surface area contributed by atoms with Crippen molar-refractivity contribution in [3.05, 3.63) is 29.0 Å². The lowest BCUT2D eigenvalue weighted by Crippen LogP contribution is -2.38. The summed E-state index contributed by atoms with van der Waals surface area (Å²) in [5.74, 6) is -0.561. The monoisotopic (exact) mass is 256 g/mol. The predicted molar refractivity (Wildman–Crippen MR) is 65.7 cm³/mol. The van der Waals surface area contributed by atoms with Crippen LogP contribution in [0.15, 0.2) is 18.2 Å². The average Bonchev–Trinajstić information content (AvgIpc) is 3.07. The quantitative estimate of drug-likeness (QED) is 0.869. The van der Waals surface area contributed by atoms with Gasteiger partial charge in [0.1, 0.15) is 11.9 Å². The van der Waals surface area contributed by atoms with Crippen LogP contribution in [0, 0.1) is 5.82 Å². The predicted octanol–water partition coefficient (Wildman–Crippen LogP) is 2.56. The highest BCUT2D eigenvalue weighted by molar-refractivity contribution is 6.30. The van der Waals surface area contributed by atoms with Gasteiger partial charge in [0, 0.05) is 11.7 Å². The van der Waals surface area contributed by atoms with Crippen LogP contribution < -0.4 is 10.6 Å². The molecule has 1 unspecified atom stereocenters. The number of rotatable bonds is 4. The number of anilines is 1. The molecule has 1 aliphatic carbocycles. The van der Waals surface area contributed by atoms with E-state index in [0.29, 0.717) is 11.7 Å². The third kappa shape index (κ3) is 3.33. The molecule has 0 heterocycles. The molecule has 0 aliphatic heterocycles. The fraction of sp³-hybridized carbons (Fsp3) is 0.417. The molecule has 1 atom stereocenters. The Kier molecular flexibility index (Phi) is 3.52. The van der Waals surface area contributed by atoms with E-state index in [1.807, 2.05) is 0 Å². The van der Waals surface area contributed by atoms with Crippen LogP contribution in [0.25, 0.3) is 0 Å². The first kappa shape index (κ1) is 12.2. The SMILES string of the molecule is CC(Nc1ccc(Cl)c(F)c1)C(=O)NC1CC1. The molecule has 1 amide bonds. The number of hydrogen-bond donors (Lipinski definition) is 2. The molecule has 2 N–H and O–H groups in total. The molecule has 1 saturated carbocycles. The fourth-order valence-corrected chi connectivity index (χ4v) is 1.57. The van der Waals surface area contributed by atoms with E-state index in [4.69, 9.17) is 11.6 Å². The summed E-state index contributed by atoms with van der Waals surface area (Å²) in [6.45, 7) is 1.74. The van der Waals surface area contributed by atoms with Gasteiger partial charge in [-0.1, -0.05) is 11.6 Å². The van der Waals surface area contributed by atoms with Gasteiger partial charge < -0.3 is 10.6 Å². The minimum Gasteiger partial charge on any atom is -0.374 e. The lowest BCUT2D eigenvalue weighted by Gasteiger charge is -2.15. The highest BCUT2D eigenvalue weighted by atomic mass is 35.5. The van der Waals surface area contributed by atoms with E-state index in [1.54, 1.807) is 13.0 Å². The summed E-state index contributed by atoms with van der Waals surface area (Å²) in [7, 11) is 0. The van der Waals surface area contributed by atoms with Crippen LogP contribution in [0.4, 0.5) is 10.1 Å². The summed E-state index contributed by atoms with van der Waals surface area (Å²) in [4.78, 5) is 11.7. The Bertz CT molecular complexity index is 435. The minimum atomic E-state index is -0.494. The molecule has 1 aromatic rings. The van der Waals surface area contributed by atoms with E-state index in [9.17, 15) is 9.18 Å². The van der Waals surface area contributed by atoms with Crippen LogP contribution >= 0.6 is 11.6 Å². The number of hydrogen-bond acceptors (Lipinski definition) is 2. The Labute approximate surface area is 104 Å². The highest BCUT2D eigenvalue weighted by Crippen LogP contribution is 2.20. The van der Waals surface area contributed by atoms with Gasteiger partial charge in [0.25, 0.3) is 0 Å². The van der Waals surface area contributed by atoms with Gasteiger partial charge in [0.15, 0.2) is 0 Å². The van der Waals surface area contributed by atoms with Crippen LogP contribution in [-0.2, 0) is 4.79 Å². The lowest BCUT2D eigenvalue weighted by atomic mass is 10.2. The maximum atomic E-state index is 13.2. The summed E-state index contributed by atoms with van der Waals surface area (Å²) in [6.07, 6.45) is 2.10. The third-order valence-corrected chi connectivity index (χ3v) is 2.93. The van der Waals surface area contributed by atoms with Gasteiger partial charge in [0.05, 0.1) is 5.02 Å². The molecule has 0 saturated heterocycles. The van der Waals surface area contributed by atoms with Crippen molar-refractivity contribution in [1.29, 1.82) is 0 Å². The maximum absolute atomic E-state index is 13.2. The third-order valence-electron chi connectivity index (χ3n) is 2.62. The summed E-state index contributed by atoms with van der Waals surface area (Å²) in [5.41, 5.74) is 0.547. The van der Waals surface area contributed by atoms with Crippen molar-refractivity contribution in [3.63, 3.8) is 0 Å². The second kappa shape index (κ2) is 4.92. The molecule has 5 heteroatoms. The van der Waals surface area contributed by atoms with E-state index in [1.165, 1.54) is 12.1 Å². The Balaban J connectivity index is 1.94. The van der Waals surface area contributed by atoms with Gasteiger partial charge in [0.2, 0.25) is 5.91 Å². The summed E-state index contributed by atoms with van der Waals surface area (Å²) in [5, 5.41) is 5.89. The van der Waals surface area contributed by atoms with Crippen LogP contribution in [0.2, 0.25) is 5.02 Å². The fourth-order valence-electron chi connectivity index (χ4n) is 1.46. The van der Waals surface area contributed by atoms with Crippen molar-refractivity contribution in [2.75, 3.05) is 5.32 Å². The van der Waals surface area contributed by atoms with Gasteiger partial charge in [-0.3, -0.25) is 4.79 Å². The molecule has 1 fully saturated rings. The molecule has 17 heavy (non-hydrogen) atoms. The van der Waals surface area contributed by atoms with Crippen molar-refractivity contribution >= 4 is 23.2 Å². The van der Waals surface area contributed by atoms with Crippen LogP contribution in [0.3, 0.4) is 0 Å². The largest absolute Gasteiger partial charge is 0.374 e. The Hall–Kier alpha value is -1.29.